The number of para-hydroxylation sites is 1. The summed E-state index contributed by atoms with van der Waals surface area (Å²) >= 11 is 1.63. The highest BCUT2D eigenvalue weighted by molar-refractivity contribution is 7.98. The van der Waals surface area contributed by atoms with Crippen molar-refractivity contribution in [2.75, 3.05) is 6.26 Å². The van der Waals surface area contributed by atoms with Gasteiger partial charge >= 0.3 is 0 Å². The molecule has 2 aromatic carbocycles. The van der Waals surface area contributed by atoms with E-state index in [0.717, 1.165) is 10.5 Å². The summed E-state index contributed by atoms with van der Waals surface area (Å²) < 4.78 is 0. The molecule has 3 rings (SSSR count). The number of aromatic amines is 1. The van der Waals surface area contributed by atoms with Gasteiger partial charge in [0, 0.05) is 10.3 Å². The molecular weight excluding hydrogens is 338 g/mol. The molecule has 126 valence electrons. The number of aromatic nitrogens is 1. The fraction of sp³-hybridized carbons (Fsp3) is 0.0556. The van der Waals surface area contributed by atoms with Crippen LogP contribution in [0.2, 0.25) is 0 Å². The first kappa shape index (κ1) is 16.8. The largest absolute Gasteiger partial charge is 0.506 e. The molecule has 7 heteroatoms. The minimum absolute atomic E-state index is 0.364. The molecule has 3 aromatic rings. The molecule has 1 aromatic heterocycles. The van der Waals surface area contributed by atoms with Gasteiger partial charge < -0.3 is 10.1 Å². The SMILES string of the molecule is CSc1ccc(/C=N/NC(=O)c2c(O)c3ccccc3[nH]c2=O)cc1. The van der Waals surface area contributed by atoms with Crippen molar-refractivity contribution in [1.29, 1.82) is 0 Å². The number of hydrogen-bond donors (Lipinski definition) is 3. The Morgan fingerprint density at radius 1 is 1.20 bits per heavy atom. The lowest BCUT2D eigenvalue weighted by Crippen LogP contribution is -2.26. The van der Waals surface area contributed by atoms with Gasteiger partial charge in [-0.1, -0.05) is 24.3 Å². The smallest absolute Gasteiger partial charge is 0.280 e. The molecular formula is C18H15N3O3S. The normalized spacial score (nSPS) is 11.1. The van der Waals surface area contributed by atoms with Crippen LogP contribution < -0.4 is 11.0 Å². The maximum atomic E-state index is 12.2. The Labute approximate surface area is 147 Å². The maximum Gasteiger partial charge on any atom is 0.280 e. The first-order valence-corrected chi connectivity index (χ1v) is 8.64. The van der Waals surface area contributed by atoms with E-state index >= 15 is 0 Å². The molecule has 1 amide bonds. The fourth-order valence-electron chi connectivity index (χ4n) is 2.35. The van der Waals surface area contributed by atoms with E-state index in [1.165, 1.54) is 6.21 Å². The summed E-state index contributed by atoms with van der Waals surface area (Å²) in [6.45, 7) is 0. The van der Waals surface area contributed by atoms with Crippen LogP contribution in [-0.2, 0) is 0 Å². The molecule has 0 unspecified atom stereocenters. The number of carbonyl (C=O) groups is 1. The summed E-state index contributed by atoms with van der Waals surface area (Å²) in [4.78, 5) is 28.0. The molecule has 0 saturated heterocycles. The molecule has 0 aliphatic rings. The van der Waals surface area contributed by atoms with Crippen molar-refractivity contribution in [1.82, 2.24) is 10.4 Å². The van der Waals surface area contributed by atoms with E-state index in [0.29, 0.717) is 10.9 Å². The van der Waals surface area contributed by atoms with Gasteiger partial charge in [-0.2, -0.15) is 5.10 Å². The van der Waals surface area contributed by atoms with Crippen molar-refractivity contribution in [3.05, 3.63) is 70.0 Å². The third-order valence-corrected chi connectivity index (χ3v) is 4.36. The molecule has 0 spiro atoms. The van der Waals surface area contributed by atoms with E-state index in [4.69, 9.17) is 0 Å². The summed E-state index contributed by atoms with van der Waals surface area (Å²) in [7, 11) is 0. The Morgan fingerprint density at radius 2 is 1.92 bits per heavy atom. The van der Waals surface area contributed by atoms with Crippen molar-refractivity contribution in [3.63, 3.8) is 0 Å². The standard InChI is InChI=1S/C18H15N3O3S/c1-25-12-8-6-11(7-9-12)10-19-21-18(24)15-16(22)13-4-2-3-5-14(13)20-17(15)23/h2-10H,1H3,(H,21,24)(H2,20,22,23)/b19-10+. The van der Waals surface area contributed by atoms with E-state index in [1.54, 1.807) is 36.0 Å². The van der Waals surface area contributed by atoms with Crippen molar-refractivity contribution >= 4 is 34.8 Å². The predicted molar refractivity (Wildman–Crippen MR) is 99.5 cm³/mol. The number of thioether (sulfide) groups is 1. The molecule has 6 nitrogen and oxygen atoms in total. The molecule has 3 N–H and O–H groups in total. The lowest BCUT2D eigenvalue weighted by molar-refractivity contribution is 0.0951. The molecule has 0 aliphatic heterocycles. The Bertz CT molecular complexity index is 1010. The number of benzene rings is 2. The maximum absolute atomic E-state index is 12.2. The number of rotatable bonds is 4. The number of hydrazone groups is 1. The Morgan fingerprint density at radius 3 is 2.64 bits per heavy atom. The Hall–Kier alpha value is -3.06. The van der Waals surface area contributed by atoms with Gasteiger partial charge in [-0.05, 0) is 36.1 Å². The Kier molecular flexibility index (Phi) is 4.85. The molecule has 0 fully saturated rings. The number of nitrogens with zero attached hydrogens (tertiary/aromatic N) is 1. The number of pyridine rings is 1. The predicted octanol–water partition coefficient (Wildman–Crippen LogP) is 2.72. The van der Waals surface area contributed by atoms with Crippen molar-refractivity contribution < 1.29 is 9.90 Å². The zero-order valence-electron chi connectivity index (χ0n) is 13.3. The lowest BCUT2D eigenvalue weighted by Gasteiger charge is -2.06. The van der Waals surface area contributed by atoms with E-state index < -0.39 is 11.5 Å². The van der Waals surface area contributed by atoms with E-state index in [1.807, 2.05) is 30.5 Å². The van der Waals surface area contributed by atoms with Crippen LogP contribution >= 0.6 is 11.8 Å². The number of nitrogens with one attached hydrogen (secondary N) is 2. The van der Waals surface area contributed by atoms with Gasteiger partial charge in [-0.3, -0.25) is 9.59 Å². The van der Waals surface area contributed by atoms with E-state index in [2.05, 4.69) is 15.5 Å². The van der Waals surface area contributed by atoms with Gasteiger partial charge in [-0.15, -0.1) is 11.8 Å². The van der Waals surface area contributed by atoms with E-state index in [-0.39, 0.29) is 11.3 Å². The highest BCUT2D eigenvalue weighted by Gasteiger charge is 2.18. The van der Waals surface area contributed by atoms with Crippen LogP contribution in [-0.4, -0.2) is 28.5 Å². The monoisotopic (exact) mass is 353 g/mol. The summed E-state index contributed by atoms with van der Waals surface area (Å²) in [5, 5.41) is 14.5. The fourth-order valence-corrected chi connectivity index (χ4v) is 2.76. The number of amides is 1. The zero-order chi connectivity index (χ0) is 17.8. The average Bonchev–Trinajstić information content (AvgIpc) is 2.62. The first-order chi connectivity index (χ1) is 12.1. The average molecular weight is 353 g/mol. The second-order valence-electron chi connectivity index (χ2n) is 5.20. The summed E-state index contributed by atoms with van der Waals surface area (Å²) in [6, 6.07) is 14.3. The van der Waals surface area contributed by atoms with Crippen LogP contribution in [0.1, 0.15) is 15.9 Å². The van der Waals surface area contributed by atoms with Crippen LogP contribution in [0.25, 0.3) is 10.9 Å². The van der Waals surface area contributed by atoms with Crippen LogP contribution in [0, 0.1) is 0 Å². The third-order valence-electron chi connectivity index (χ3n) is 3.62. The molecule has 1 heterocycles. The highest BCUT2D eigenvalue weighted by atomic mass is 32.2. The quantitative estimate of drug-likeness (QED) is 0.382. The van der Waals surface area contributed by atoms with Crippen molar-refractivity contribution in [2.24, 2.45) is 5.10 Å². The zero-order valence-corrected chi connectivity index (χ0v) is 14.1. The summed E-state index contributed by atoms with van der Waals surface area (Å²) in [6.07, 6.45) is 3.45. The number of fused-ring (bicyclic) bond motifs is 1. The lowest BCUT2D eigenvalue weighted by atomic mass is 10.1. The molecule has 0 saturated carbocycles. The topological polar surface area (TPSA) is 94.5 Å². The van der Waals surface area contributed by atoms with Gasteiger partial charge in [0.05, 0.1) is 11.7 Å². The Balaban J connectivity index is 1.82. The van der Waals surface area contributed by atoms with Gasteiger partial charge in [-0.25, -0.2) is 5.43 Å². The second kappa shape index (κ2) is 7.23. The van der Waals surface area contributed by atoms with Crippen LogP contribution in [0.15, 0.2) is 63.3 Å². The number of hydrogen-bond acceptors (Lipinski definition) is 5. The van der Waals surface area contributed by atoms with Crippen LogP contribution in [0.4, 0.5) is 0 Å². The van der Waals surface area contributed by atoms with Gasteiger partial charge in [0.1, 0.15) is 11.3 Å². The minimum Gasteiger partial charge on any atom is -0.506 e. The van der Waals surface area contributed by atoms with Crippen molar-refractivity contribution in [3.8, 4) is 5.75 Å². The minimum atomic E-state index is -0.776. The first-order valence-electron chi connectivity index (χ1n) is 7.41. The summed E-state index contributed by atoms with van der Waals surface area (Å²) in [5.74, 6) is -1.14. The number of aromatic hydroxyl groups is 1. The van der Waals surface area contributed by atoms with Crippen LogP contribution in [0.5, 0.6) is 5.75 Å². The van der Waals surface area contributed by atoms with Crippen LogP contribution in [0.3, 0.4) is 0 Å². The molecule has 0 atom stereocenters. The molecule has 0 bridgehead atoms. The number of H-pyrrole nitrogens is 1. The molecule has 25 heavy (non-hydrogen) atoms. The van der Waals surface area contributed by atoms with E-state index in [9.17, 15) is 14.7 Å². The van der Waals surface area contributed by atoms with Gasteiger partial charge in [0.25, 0.3) is 11.5 Å². The second-order valence-corrected chi connectivity index (χ2v) is 6.08. The number of carbonyl (C=O) groups excluding carboxylic acids is 1. The molecule has 0 radical (unpaired) electrons. The molecule has 0 aliphatic carbocycles. The van der Waals surface area contributed by atoms with Gasteiger partial charge in [0.2, 0.25) is 0 Å². The third kappa shape index (κ3) is 3.56. The summed E-state index contributed by atoms with van der Waals surface area (Å²) in [5.41, 5.74) is 2.49. The highest BCUT2D eigenvalue weighted by Crippen LogP contribution is 2.24. The van der Waals surface area contributed by atoms with Crippen molar-refractivity contribution in [2.45, 2.75) is 4.90 Å². The van der Waals surface area contributed by atoms with Gasteiger partial charge in [0.15, 0.2) is 0 Å².